The first-order valence-corrected chi connectivity index (χ1v) is 5.92. The zero-order chi connectivity index (χ0) is 13.7. The van der Waals surface area contributed by atoms with Crippen molar-refractivity contribution in [1.29, 1.82) is 0 Å². The Morgan fingerprint density at radius 2 is 2.11 bits per heavy atom. The molecule has 1 unspecified atom stereocenters. The third-order valence-corrected chi connectivity index (χ3v) is 2.61. The topological polar surface area (TPSA) is 55.1 Å². The molecule has 100 valence electrons. The van der Waals surface area contributed by atoms with E-state index < -0.39 is 17.5 Å². The van der Waals surface area contributed by atoms with Gasteiger partial charge in [0.1, 0.15) is 11.5 Å². The highest BCUT2D eigenvalue weighted by Gasteiger charge is 2.14. The van der Waals surface area contributed by atoms with E-state index in [-0.39, 0.29) is 18.2 Å². The molecule has 1 atom stereocenters. The van der Waals surface area contributed by atoms with Crippen molar-refractivity contribution in [3.8, 4) is 0 Å². The Labute approximate surface area is 105 Å². The van der Waals surface area contributed by atoms with E-state index in [9.17, 15) is 13.6 Å². The van der Waals surface area contributed by atoms with Gasteiger partial charge in [0.25, 0.3) is 0 Å². The molecule has 0 saturated carbocycles. The first-order chi connectivity index (χ1) is 8.41. The number of aryl methyl sites for hydroxylation is 1. The summed E-state index contributed by atoms with van der Waals surface area (Å²) in [6, 6.07) is 2.48. The van der Waals surface area contributed by atoms with E-state index >= 15 is 0 Å². The minimum atomic E-state index is -0.765. The fraction of sp³-hybridized carbons (Fsp3) is 0.462. The van der Waals surface area contributed by atoms with Crippen LogP contribution in [0.25, 0.3) is 0 Å². The number of hydrogen-bond donors (Lipinski definition) is 2. The number of hydrogen-bond acceptors (Lipinski definition) is 2. The predicted octanol–water partition coefficient (Wildman–Crippen LogP) is 2.73. The van der Waals surface area contributed by atoms with Gasteiger partial charge in [0.15, 0.2) is 5.82 Å². The Hall–Kier alpha value is -1.49. The summed E-state index contributed by atoms with van der Waals surface area (Å²) >= 11 is 0. The molecular formula is C13H18F2N2O. The van der Waals surface area contributed by atoms with Gasteiger partial charge in [0.2, 0.25) is 5.91 Å². The van der Waals surface area contributed by atoms with Crippen LogP contribution in [0.15, 0.2) is 12.1 Å². The van der Waals surface area contributed by atoms with Gasteiger partial charge in [-0.05, 0) is 38.3 Å². The molecule has 0 radical (unpaired) electrons. The van der Waals surface area contributed by atoms with Crippen LogP contribution in [0.3, 0.4) is 0 Å². The Morgan fingerprint density at radius 1 is 1.44 bits per heavy atom. The van der Waals surface area contributed by atoms with Crippen LogP contribution in [0, 0.1) is 18.6 Å². The minimum absolute atomic E-state index is 0.0187. The smallest absolute Gasteiger partial charge is 0.224 e. The highest BCUT2D eigenvalue weighted by atomic mass is 19.1. The number of rotatable bonds is 5. The Kier molecular flexibility index (Phi) is 5.22. The summed E-state index contributed by atoms with van der Waals surface area (Å²) in [6.45, 7) is 3.36. The number of amides is 1. The first-order valence-electron chi connectivity index (χ1n) is 5.92. The molecule has 18 heavy (non-hydrogen) atoms. The van der Waals surface area contributed by atoms with Crippen molar-refractivity contribution in [2.75, 3.05) is 5.32 Å². The molecule has 0 aliphatic rings. The lowest BCUT2D eigenvalue weighted by atomic mass is 10.1. The lowest BCUT2D eigenvalue weighted by Gasteiger charge is -2.09. The molecule has 1 amide bonds. The summed E-state index contributed by atoms with van der Waals surface area (Å²) in [5, 5.41) is 2.26. The molecule has 3 nitrogen and oxygen atoms in total. The van der Waals surface area contributed by atoms with Gasteiger partial charge < -0.3 is 11.1 Å². The van der Waals surface area contributed by atoms with Gasteiger partial charge in [-0.25, -0.2) is 8.78 Å². The van der Waals surface area contributed by atoms with E-state index in [4.69, 9.17) is 5.73 Å². The fourth-order valence-electron chi connectivity index (χ4n) is 1.56. The molecule has 0 saturated heterocycles. The largest absolute Gasteiger partial charge is 0.328 e. The lowest BCUT2D eigenvalue weighted by Crippen LogP contribution is -2.17. The molecule has 1 rings (SSSR count). The average molecular weight is 256 g/mol. The maximum atomic E-state index is 13.6. The van der Waals surface area contributed by atoms with Crippen molar-refractivity contribution in [2.45, 2.75) is 39.2 Å². The molecule has 0 fully saturated rings. The third kappa shape index (κ3) is 4.07. The monoisotopic (exact) mass is 256 g/mol. The van der Waals surface area contributed by atoms with E-state index in [1.165, 1.54) is 13.0 Å². The summed E-state index contributed by atoms with van der Waals surface area (Å²) in [7, 11) is 0. The normalized spacial score (nSPS) is 12.3. The molecule has 1 aromatic rings. The van der Waals surface area contributed by atoms with Gasteiger partial charge in [-0.2, -0.15) is 0 Å². The van der Waals surface area contributed by atoms with Crippen molar-refractivity contribution >= 4 is 11.6 Å². The van der Waals surface area contributed by atoms with Crippen LogP contribution < -0.4 is 11.1 Å². The molecule has 0 aliphatic heterocycles. The number of anilines is 1. The number of nitrogens with two attached hydrogens (primary N) is 1. The van der Waals surface area contributed by atoms with Crippen LogP contribution in [0.2, 0.25) is 0 Å². The van der Waals surface area contributed by atoms with Crippen molar-refractivity contribution in [2.24, 2.45) is 5.73 Å². The highest BCUT2D eigenvalue weighted by molar-refractivity contribution is 5.91. The second-order valence-electron chi connectivity index (χ2n) is 4.47. The second-order valence-corrected chi connectivity index (χ2v) is 4.47. The van der Waals surface area contributed by atoms with Crippen molar-refractivity contribution in [3.05, 3.63) is 29.3 Å². The maximum absolute atomic E-state index is 13.6. The van der Waals surface area contributed by atoms with Crippen LogP contribution in [0.1, 0.15) is 31.7 Å². The van der Waals surface area contributed by atoms with Gasteiger partial charge in [-0.3, -0.25) is 4.79 Å². The van der Waals surface area contributed by atoms with Crippen LogP contribution in [-0.4, -0.2) is 11.9 Å². The molecule has 0 spiro atoms. The maximum Gasteiger partial charge on any atom is 0.224 e. The summed E-state index contributed by atoms with van der Waals surface area (Å²) in [5.41, 5.74) is 5.47. The van der Waals surface area contributed by atoms with Crippen LogP contribution in [0.5, 0.6) is 0 Å². The third-order valence-electron chi connectivity index (χ3n) is 2.61. The second kappa shape index (κ2) is 6.44. The van der Waals surface area contributed by atoms with E-state index in [1.54, 1.807) is 0 Å². The summed E-state index contributed by atoms with van der Waals surface area (Å²) in [4.78, 5) is 11.5. The molecule has 1 aromatic carbocycles. The first kappa shape index (κ1) is 14.6. The van der Waals surface area contributed by atoms with Gasteiger partial charge >= 0.3 is 0 Å². The number of carbonyl (C=O) groups excluding carboxylic acids is 1. The van der Waals surface area contributed by atoms with Gasteiger partial charge in [-0.1, -0.05) is 6.07 Å². The molecule has 0 aromatic heterocycles. The number of benzene rings is 1. The SMILES string of the molecule is Cc1ccc(F)c(NC(=O)CCCC(C)N)c1F. The highest BCUT2D eigenvalue weighted by Crippen LogP contribution is 2.21. The zero-order valence-electron chi connectivity index (χ0n) is 10.6. The van der Waals surface area contributed by atoms with E-state index in [0.29, 0.717) is 18.4 Å². The summed E-state index contributed by atoms with van der Waals surface area (Å²) in [6.07, 6.45) is 1.50. The van der Waals surface area contributed by atoms with Crippen molar-refractivity contribution in [3.63, 3.8) is 0 Å². The van der Waals surface area contributed by atoms with Crippen molar-refractivity contribution < 1.29 is 13.6 Å². The van der Waals surface area contributed by atoms with Gasteiger partial charge in [-0.15, -0.1) is 0 Å². The van der Waals surface area contributed by atoms with E-state index in [0.717, 1.165) is 6.07 Å². The fourth-order valence-corrected chi connectivity index (χ4v) is 1.56. The summed E-state index contributed by atoms with van der Waals surface area (Å²) < 4.78 is 27.0. The Balaban J connectivity index is 2.62. The lowest BCUT2D eigenvalue weighted by molar-refractivity contribution is -0.116. The van der Waals surface area contributed by atoms with Crippen LogP contribution >= 0.6 is 0 Å². The molecule has 0 heterocycles. The Bertz CT molecular complexity index is 433. The quantitative estimate of drug-likeness (QED) is 0.851. The van der Waals surface area contributed by atoms with Crippen LogP contribution in [0.4, 0.5) is 14.5 Å². The molecule has 5 heteroatoms. The standard InChI is InChI=1S/C13H18F2N2O/c1-8-6-7-10(14)13(12(8)15)17-11(18)5-3-4-9(2)16/h6-7,9H,3-5,16H2,1-2H3,(H,17,18). The van der Waals surface area contributed by atoms with E-state index in [1.807, 2.05) is 6.92 Å². The molecule has 0 bridgehead atoms. The van der Waals surface area contributed by atoms with E-state index in [2.05, 4.69) is 5.32 Å². The van der Waals surface area contributed by atoms with Gasteiger partial charge in [0, 0.05) is 12.5 Å². The number of halogens is 2. The van der Waals surface area contributed by atoms with Crippen LogP contribution in [-0.2, 0) is 4.79 Å². The Morgan fingerprint density at radius 3 is 2.72 bits per heavy atom. The predicted molar refractivity (Wildman–Crippen MR) is 67.2 cm³/mol. The van der Waals surface area contributed by atoms with Gasteiger partial charge in [0.05, 0.1) is 0 Å². The summed E-state index contributed by atoms with van der Waals surface area (Å²) in [5.74, 6) is -1.90. The number of nitrogens with one attached hydrogen (secondary N) is 1. The van der Waals surface area contributed by atoms with Crippen molar-refractivity contribution in [1.82, 2.24) is 0 Å². The molecular weight excluding hydrogens is 238 g/mol. The average Bonchev–Trinajstić information content (AvgIpc) is 2.29. The molecule has 3 N–H and O–H groups in total. The zero-order valence-corrected chi connectivity index (χ0v) is 10.6. The number of carbonyl (C=O) groups is 1. The molecule has 0 aliphatic carbocycles. The minimum Gasteiger partial charge on any atom is -0.328 e.